The molecule has 9 heteroatoms. The van der Waals surface area contributed by atoms with Crippen LogP contribution in [0.1, 0.15) is 19.8 Å². The number of fused-ring (bicyclic) bond motifs is 1. The van der Waals surface area contributed by atoms with Gasteiger partial charge in [0.25, 0.3) is 5.91 Å². The lowest BCUT2D eigenvalue weighted by atomic mass is 9.65. The molecule has 3 unspecified atom stereocenters. The van der Waals surface area contributed by atoms with Gasteiger partial charge in [0.1, 0.15) is 6.04 Å². The number of halogens is 1. The van der Waals surface area contributed by atoms with Gasteiger partial charge >= 0.3 is 0 Å². The average Bonchev–Trinajstić information content (AvgIpc) is 3.45. The zero-order valence-corrected chi connectivity index (χ0v) is 22.4. The fourth-order valence-corrected chi connectivity index (χ4v) is 8.86. The average molecular weight is 532 g/mol. The molecular weight excluding hydrogens is 498 g/mol. The molecule has 4 rings (SSSR count). The van der Waals surface area contributed by atoms with Crippen molar-refractivity contribution < 1.29 is 19.5 Å². The highest BCUT2D eigenvalue weighted by Crippen LogP contribution is 2.68. The summed E-state index contributed by atoms with van der Waals surface area (Å²) in [5, 5.41) is 10.1. The number of carbonyl (C=O) groups excluding carboxylic acids is 3. The molecule has 0 saturated carbocycles. The molecule has 7 nitrogen and oxygen atoms in total. The van der Waals surface area contributed by atoms with Gasteiger partial charge in [-0.2, -0.15) is 0 Å². The molecule has 1 aromatic carbocycles. The lowest BCUT2D eigenvalue weighted by Crippen LogP contribution is -2.57. The fourth-order valence-electron chi connectivity index (χ4n) is 6.32. The zero-order valence-electron chi connectivity index (χ0n) is 20.8. The minimum absolute atomic E-state index is 0.0209. The maximum Gasteiger partial charge on any atom is 0.251 e. The molecular formula is C27H34ClN3O4S. The largest absolute Gasteiger partial charge is 0.396 e. The van der Waals surface area contributed by atoms with E-state index >= 15 is 0 Å². The van der Waals surface area contributed by atoms with Crippen LogP contribution < -0.4 is 4.90 Å². The van der Waals surface area contributed by atoms with Crippen LogP contribution in [-0.4, -0.2) is 82.0 Å². The van der Waals surface area contributed by atoms with Crippen molar-refractivity contribution in [3.63, 3.8) is 0 Å². The van der Waals surface area contributed by atoms with Crippen LogP contribution in [0, 0.1) is 17.8 Å². The zero-order chi connectivity index (χ0) is 26.2. The third-order valence-corrected chi connectivity index (χ3v) is 10.1. The number of rotatable bonds is 10. The summed E-state index contributed by atoms with van der Waals surface area (Å²) in [4.78, 5) is 46.8. The predicted octanol–water partition coefficient (Wildman–Crippen LogP) is 3.22. The smallest absolute Gasteiger partial charge is 0.251 e. The summed E-state index contributed by atoms with van der Waals surface area (Å²) in [5.74, 6) is -1.43. The van der Waals surface area contributed by atoms with Crippen LogP contribution in [0.4, 0.5) is 5.69 Å². The van der Waals surface area contributed by atoms with E-state index < -0.39 is 22.6 Å². The Morgan fingerprint density at radius 3 is 2.50 bits per heavy atom. The molecule has 6 atom stereocenters. The quantitative estimate of drug-likeness (QED) is 0.469. The first-order chi connectivity index (χ1) is 17.2. The SMILES string of the molecule is C=CCN(C)C(=O)[C@@H]1[C@H]2C(=O)N(CCCO)C(C(=O)N(CC=C)c3ccc(Cl)cc3)C23S[C@@H]1CC3C. The van der Waals surface area contributed by atoms with Gasteiger partial charge in [-0.05, 0) is 43.0 Å². The first kappa shape index (κ1) is 26.8. The monoisotopic (exact) mass is 531 g/mol. The Bertz CT molecular complexity index is 1050. The van der Waals surface area contributed by atoms with Crippen LogP contribution in [0.25, 0.3) is 0 Å². The van der Waals surface area contributed by atoms with Crippen molar-refractivity contribution in [3.05, 3.63) is 54.6 Å². The number of likely N-dealkylation sites (N-methyl/N-ethyl adjacent to an activating group) is 1. The molecule has 1 N–H and O–H groups in total. The lowest BCUT2D eigenvalue weighted by molar-refractivity contribution is -0.143. The summed E-state index contributed by atoms with van der Waals surface area (Å²) in [6.45, 7) is 10.5. The first-order valence-corrected chi connectivity index (χ1v) is 13.6. The summed E-state index contributed by atoms with van der Waals surface area (Å²) in [6, 6.07) is 6.28. The van der Waals surface area contributed by atoms with Crippen molar-refractivity contribution >= 4 is 46.8 Å². The second-order valence-electron chi connectivity index (χ2n) is 9.88. The van der Waals surface area contributed by atoms with Crippen LogP contribution >= 0.6 is 23.4 Å². The Morgan fingerprint density at radius 2 is 1.89 bits per heavy atom. The van der Waals surface area contributed by atoms with Gasteiger partial charge in [0, 0.05) is 49.2 Å². The Labute approximate surface area is 222 Å². The maximum absolute atomic E-state index is 14.4. The Morgan fingerprint density at radius 1 is 1.22 bits per heavy atom. The van der Waals surface area contributed by atoms with Crippen LogP contribution in [0.2, 0.25) is 5.02 Å². The number of aliphatic hydroxyl groups is 1. The molecule has 3 saturated heterocycles. The molecule has 3 heterocycles. The molecule has 36 heavy (non-hydrogen) atoms. The van der Waals surface area contributed by atoms with E-state index in [2.05, 4.69) is 20.1 Å². The minimum atomic E-state index is -0.746. The molecule has 3 fully saturated rings. The predicted molar refractivity (Wildman–Crippen MR) is 144 cm³/mol. The van der Waals surface area contributed by atoms with Gasteiger partial charge in [-0.15, -0.1) is 24.9 Å². The summed E-state index contributed by atoms with van der Waals surface area (Å²) in [6.07, 6.45) is 4.47. The molecule has 194 valence electrons. The number of aliphatic hydroxyl groups excluding tert-OH is 1. The van der Waals surface area contributed by atoms with E-state index in [1.807, 2.05) is 0 Å². The number of carbonyl (C=O) groups is 3. The van der Waals surface area contributed by atoms with Gasteiger partial charge in [0.2, 0.25) is 11.8 Å². The van der Waals surface area contributed by atoms with Crippen LogP contribution in [0.15, 0.2) is 49.6 Å². The van der Waals surface area contributed by atoms with Crippen molar-refractivity contribution in [2.45, 2.75) is 35.8 Å². The molecule has 3 aliphatic rings. The molecule has 0 aliphatic carbocycles. The second-order valence-corrected chi connectivity index (χ2v) is 11.9. The number of likely N-dealkylation sites (tertiary alicyclic amines) is 1. The number of hydrogen-bond donors (Lipinski definition) is 1. The molecule has 0 aromatic heterocycles. The Balaban J connectivity index is 1.79. The van der Waals surface area contributed by atoms with Gasteiger partial charge < -0.3 is 19.8 Å². The van der Waals surface area contributed by atoms with Crippen LogP contribution in [-0.2, 0) is 14.4 Å². The summed E-state index contributed by atoms with van der Waals surface area (Å²) in [7, 11) is 1.73. The van der Waals surface area contributed by atoms with Gasteiger partial charge in [-0.25, -0.2) is 0 Å². The van der Waals surface area contributed by atoms with E-state index in [-0.39, 0.29) is 48.6 Å². The van der Waals surface area contributed by atoms with Crippen LogP contribution in [0.5, 0.6) is 0 Å². The van der Waals surface area contributed by atoms with Crippen molar-refractivity contribution in [3.8, 4) is 0 Å². The van der Waals surface area contributed by atoms with E-state index in [9.17, 15) is 19.5 Å². The fraction of sp³-hybridized carbons (Fsp3) is 0.519. The molecule has 3 aliphatic heterocycles. The third-order valence-electron chi connectivity index (χ3n) is 7.82. The van der Waals surface area contributed by atoms with Crippen molar-refractivity contribution in [1.29, 1.82) is 0 Å². The van der Waals surface area contributed by atoms with Gasteiger partial charge in [0.15, 0.2) is 0 Å². The topological polar surface area (TPSA) is 81.2 Å². The third kappa shape index (κ3) is 4.17. The Hall–Kier alpha value is -2.29. The maximum atomic E-state index is 14.4. The highest BCUT2D eigenvalue weighted by Gasteiger charge is 2.76. The molecule has 1 spiro atoms. The van der Waals surface area contributed by atoms with E-state index in [1.54, 1.807) is 69.9 Å². The van der Waals surface area contributed by atoms with Gasteiger partial charge in [-0.3, -0.25) is 14.4 Å². The van der Waals surface area contributed by atoms with Crippen LogP contribution in [0.3, 0.4) is 0 Å². The second kappa shape index (κ2) is 10.6. The van der Waals surface area contributed by atoms with E-state index in [0.717, 1.165) is 6.42 Å². The molecule has 0 radical (unpaired) electrons. The van der Waals surface area contributed by atoms with E-state index in [0.29, 0.717) is 23.7 Å². The number of thioether (sulfide) groups is 1. The molecule has 1 aromatic rings. The normalized spacial score (nSPS) is 30.3. The summed E-state index contributed by atoms with van der Waals surface area (Å²) < 4.78 is -0.713. The lowest BCUT2D eigenvalue weighted by Gasteiger charge is -2.41. The number of anilines is 1. The molecule has 2 bridgehead atoms. The first-order valence-electron chi connectivity index (χ1n) is 12.4. The number of benzene rings is 1. The van der Waals surface area contributed by atoms with Crippen molar-refractivity contribution in [2.24, 2.45) is 17.8 Å². The van der Waals surface area contributed by atoms with E-state index in [4.69, 9.17) is 11.6 Å². The van der Waals surface area contributed by atoms with Crippen molar-refractivity contribution in [2.75, 3.05) is 38.2 Å². The number of amides is 3. The molecule has 3 amide bonds. The van der Waals surface area contributed by atoms with Crippen molar-refractivity contribution in [1.82, 2.24) is 9.80 Å². The number of hydrogen-bond acceptors (Lipinski definition) is 5. The highest BCUT2D eigenvalue weighted by atomic mass is 35.5. The van der Waals surface area contributed by atoms with Gasteiger partial charge in [0.05, 0.1) is 16.6 Å². The number of nitrogens with zero attached hydrogens (tertiary/aromatic N) is 3. The van der Waals surface area contributed by atoms with E-state index in [1.165, 1.54) is 0 Å². The van der Waals surface area contributed by atoms with Gasteiger partial charge in [-0.1, -0.05) is 30.7 Å². The standard InChI is InChI=1S/C27H34ClN3O4S/c1-5-12-29(4)24(33)21-20-16-17(3)27(36-20)22(21)25(34)31(14-7-15-32)23(27)26(35)30(13-6-2)19-10-8-18(28)9-11-19/h5-6,8-11,17,20-23,32H,1-2,7,12-16H2,3-4H3/t17?,20-,21+,22+,23?,27?/m1/s1. The Kier molecular flexibility index (Phi) is 7.88. The minimum Gasteiger partial charge on any atom is -0.396 e. The summed E-state index contributed by atoms with van der Waals surface area (Å²) >= 11 is 7.74. The highest BCUT2D eigenvalue weighted by molar-refractivity contribution is 8.02. The summed E-state index contributed by atoms with van der Waals surface area (Å²) in [5.41, 5.74) is 0.669.